The first-order chi connectivity index (χ1) is 9.81. The molecule has 0 spiro atoms. The van der Waals surface area contributed by atoms with Gasteiger partial charge in [0.1, 0.15) is 12.1 Å². The highest BCUT2D eigenvalue weighted by Crippen LogP contribution is 2.18. The predicted octanol–water partition coefficient (Wildman–Crippen LogP) is -0.527. The first kappa shape index (κ1) is 17.2. The maximum atomic E-state index is 12.1. The summed E-state index contributed by atoms with van der Waals surface area (Å²) >= 11 is 0. The summed E-state index contributed by atoms with van der Waals surface area (Å²) in [5, 5.41) is 21.1. The van der Waals surface area contributed by atoms with E-state index in [2.05, 4.69) is 5.32 Å². The molecule has 8 heteroatoms. The molecule has 1 aliphatic rings. The fourth-order valence-electron chi connectivity index (χ4n) is 2.41. The SMILES string of the molecule is CCN(CC)C(=O)C(C)NC(=O)N1CC(O)C[C@H]1C(=O)O. The molecule has 1 saturated heterocycles. The Morgan fingerprint density at radius 1 is 1.33 bits per heavy atom. The smallest absolute Gasteiger partial charge is 0.326 e. The minimum absolute atomic E-state index is 0.00112. The molecular formula is C13H23N3O5. The Kier molecular flexibility index (Phi) is 5.95. The average Bonchev–Trinajstić information content (AvgIpc) is 2.82. The van der Waals surface area contributed by atoms with Crippen LogP contribution in [-0.4, -0.2) is 75.7 Å². The summed E-state index contributed by atoms with van der Waals surface area (Å²) < 4.78 is 0. The first-order valence-corrected chi connectivity index (χ1v) is 7.08. The first-order valence-electron chi connectivity index (χ1n) is 7.08. The Morgan fingerprint density at radius 3 is 2.38 bits per heavy atom. The summed E-state index contributed by atoms with van der Waals surface area (Å²) in [5.41, 5.74) is 0. The van der Waals surface area contributed by atoms with Gasteiger partial charge < -0.3 is 25.3 Å². The molecule has 0 bridgehead atoms. The maximum Gasteiger partial charge on any atom is 0.326 e. The van der Waals surface area contributed by atoms with Crippen molar-refractivity contribution in [2.24, 2.45) is 0 Å². The molecule has 1 fully saturated rings. The molecule has 0 radical (unpaired) electrons. The van der Waals surface area contributed by atoms with Gasteiger partial charge in [0.2, 0.25) is 5.91 Å². The van der Waals surface area contributed by atoms with Crippen molar-refractivity contribution < 1.29 is 24.6 Å². The second-order valence-electron chi connectivity index (χ2n) is 5.08. The van der Waals surface area contributed by atoms with Gasteiger partial charge in [-0.25, -0.2) is 9.59 Å². The van der Waals surface area contributed by atoms with Crippen LogP contribution in [0.3, 0.4) is 0 Å². The number of likely N-dealkylation sites (tertiary alicyclic amines) is 1. The number of β-amino-alcohol motifs (C(OH)–C–C–N with tert-alkyl or cyclic N) is 1. The van der Waals surface area contributed by atoms with Crippen LogP contribution >= 0.6 is 0 Å². The summed E-state index contributed by atoms with van der Waals surface area (Å²) in [7, 11) is 0. The van der Waals surface area contributed by atoms with E-state index in [1.54, 1.807) is 11.8 Å². The highest BCUT2D eigenvalue weighted by molar-refractivity contribution is 5.89. The fourth-order valence-corrected chi connectivity index (χ4v) is 2.41. The average molecular weight is 301 g/mol. The number of carboxylic acid groups (broad SMARTS) is 1. The summed E-state index contributed by atoms with van der Waals surface area (Å²) in [4.78, 5) is 37.9. The molecule has 0 aromatic rings. The summed E-state index contributed by atoms with van der Waals surface area (Å²) in [6.07, 6.45) is -0.855. The van der Waals surface area contributed by atoms with Gasteiger partial charge in [0, 0.05) is 26.1 Å². The lowest BCUT2D eigenvalue weighted by Crippen LogP contribution is -2.53. The van der Waals surface area contributed by atoms with Crippen LogP contribution in [0.5, 0.6) is 0 Å². The van der Waals surface area contributed by atoms with Crippen LogP contribution in [0.2, 0.25) is 0 Å². The van der Waals surface area contributed by atoms with Gasteiger partial charge >= 0.3 is 12.0 Å². The number of aliphatic hydroxyl groups is 1. The molecule has 1 aliphatic heterocycles. The third-order valence-electron chi connectivity index (χ3n) is 3.61. The molecule has 3 atom stereocenters. The quantitative estimate of drug-likeness (QED) is 0.632. The van der Waals surface area contributed by atoms with Crippen LogP contribution in [-0.2, 0) is 9.59 Å². The van der Waals surface area contributed by atoms with Crippen molar-refractivity contribution in [1.82, 2.24) is 15.1 Å². The zero-order valence-corrected chi connectivity index (χ0v) is 12.6. The topological polar surface area (TPSA) is 110 Å². The van der Waals surface area contributed by atoms with Gasteiger partial charge in [-0.3, -0.25) is 4.79 Å². The van der Waals surface area contributed by atoms with E-state index in [9.17, 15) is 19.5 Å². The van der Waals surface area contributed by atoms with Crippen molar-refractivity contribution >= 4 is 17.9 Å². The number of carbonyl (C=O) groups is 3. The lowest BCUT2D eigenvalue weighted by atomic mass is 10.2. The lowest BCUT2D eigenvalue weighted by Gasteiger charge is -2.27. The molecule has 2 unspecified atom stereocenters. The predicted molar refractivity (Wildman–Crippen MR) is 74.7 cm³/mol. The number of carboxylic acids is 1. The van der Waals surface area contributed by atoms with E-state index in [1.165, 1.54) is 0 Å². The molecule has 0 aliphatic carbocycles. The zero-order valence-electron chi connectivity index (χ0n) is 12.6. The van der Waals surface area contributed by atoms with Crippen LogP contribution in [0.15, 0.2) is 0 Å². The van der Waals surface area contributed by atoms with E-state index in [0.29, 0.717) is 13.1 Å². The molecule has 0 saturated carbocycles. The third-order valence-corrected chi connectivity index (χ3v) is 3.61. The number of rotatable bonds is 5. The molecule has 3 amide bonds. The zero-order chi connectivity index (χ0) is 16.2. The summed E-state index contributed by atoms with van der Waals surface area (Å²) in [6.45, 7) is 6.27. The van der Waals surface area contributed by atoms with Gasteiger partial charge in [0.15, 0.2) is 0 Å². The van der Waals surface area contributed by atoms with Gasteiger partial charge in [-0.05, 0) is 20.8 Å². The maximum absolute atomic E-state index is 12.1. The van der Waals surface area contributed by atoms with Gasteiger partial charge in [0.25, 0.3) is 0 Å². The highest BCUT2D eigenvalue weighted by Gasteiger charge is 2.39. The number of nitrogens with zero attached hydrogens (tertiary/aromatic N) is 2. The van der Waals surface area contributed by atoms with Crippen LogP contribution < -0.4 is 5.32 Å². The van der Waals surface area contributed by atoms with Gasteiger partial charge in [-0.2, -0.15) is 0 Å². The van der Waals surface area contributed by atoms with Crippen molar-refractivity contribution in [2.45, 2.75) is 45.4 Å². The van der Waals surface area contributed by atoms with Crippen molar-refractivity contribution in [2.75, 3.05) is 19.6 Å². The van der Waals surface area contributed by atoms with Gasteiger partial charge in [-0.15, -0.1) is 0 Å². The number of aliphatic carboxylic acids is 1. The monoisotopic (exact) mass is 301 g/mol. The number of nitrogens with one attached hydrogen (secondary N) is 1. The summed E-state index contributed by atoms with van der Waals surface area (Å²) in [5.74, 6) is -1.38. The van der Waals surface area contributed by atoms with E-state index < -0.39 is 30.2 Å². The third kappa shape index (κ3) is 4.07. The van der Waals surface area contributed by atoms with E-state index in [1.807, 2.05) is 13.8 Å². The standard InChI is InChI=1S/C13H23N3O5/c1-4-15(5-2)11(18)8(3)14-13(21)16-7-9(17)6-10(16)12(19)20/h8-10,17H,4-7H2,1-3H3,(H,14,21)(H,19,20)/t8?,9?,10-/m0/s1. The minimum atomic E-state index is -1.16. The molecule has 8 nitrogen and oxygen atoms in total. The van der Waals surface area contributed by atoms with Gasteiger partial charge in [-0.1, -0.05) is 0 Å². The number of hydrogen-bond donors (Lipinski definition) is 3. The fraction of sp³-hybridized carbons (Fsp3) is 0.769. The molecular weight excluding hydrogens is 278 g/mol. The number of hydrogen-bond acceptors (Lipinski definition) is 4. The minimum Gasteiger partial charge on any atom is -0.480 e. The van der Waals surface area contributed by atoms with E-state index in [4.69, 9.17) is 5.11 Å². The van der Waals surface area contributed by atoms with Crippen molar-refractivity contribution in [3.05, 3.63) is 0 Å². The number of likely N-dealkylation sites (N-methyl/N-ethyl adjacent to an activating group) is 1. The largest absolute Gasteiger partial charge is 0.480 e. The van der Waals surface area contributed by atoms with Crippen LogP contribution in [0.1, 0.15) is 27.2 Å². The van der Waals surface area contributed by atoms with Crippen molar-refractivity contribution in [3.8, 4) is 0 Å². The molecule has 21 heavy (non-hydrogen) atoms. The summed E-state index contributed by atoms with van der Waals surface area (Å²) in [6, 6.07) is -2.45. The highest BCUT2D eigenvalue weighted by atomic mass is 16.4. The van der Waals surface area contributed by atoms with Crippen molar-refractivity contribution in [1.29, 1.82) is 0 Å². The number of aliphatic hydroxyl groups excluding tert-OH is 1. The molecule has 3 N–H and O–H groups in total. The second-order valence-corrected chi connectivity index (χ2v) is 5.08. The number of amides is 3. The van der Waals surface area contributed by atoms with Crippen LogP contribution in [0.25, 0.3) is 0 Å². The van der Waals surface area contributed by atoms with Crippen molar-refractivity contribution in [3.63, 3.8) is 0 Å². The molecule has 0 aromatic carbocycles. The Balaban J connectivity index is 2.67. The molecule has 120 valence electrons. The van der Waals surface area contributed by atoms with E-state index in [0.717, 1.165) is 4.90 Å². The Bertz CT molecular complexity index is 411. The molecule has 1 heterocycles. The Labute approximate surface area is 123 Å². The Morgan fingerprint density at radius 2 is 1.90 bits per heavy atom. The number of carbonyl (C=O) groups excluding carboxylic acids is 2. The normalized spacial score (nSPS) is 22.8. The van der Waals surface area contributed by atoms with E-state index >= 15 is 0 Å². The molecule has 0 aromatic heterocycles. The number of urea groups is 1. The van der Waals surface area contributed by atoms with E-state index in [-0.39, 0.29) is 18.9 Å². The van der Waals surface area contributed by atoms with Crippen LogP contribution in [0, 0.1) is 0 Å². The van der Waals surface area contributed by atoms with Crippen LogP contribution in [0.4, 0.5) is 4.79 Å². The lowest BCUT2D eigenvalue weighted by molar-refractivity contribution is -0.141. The Hall–Kier alpha value is -1.83. The van der Waals surface area contributed by atoms with Gasteiger partial charge in [0.05, 0.1) is 6.10 Å². The second kappa shape index (κ2) is 7.26. The molecule has 1 rings (SSSR count).